The first-order valence-electron chi connectivity index (χ1n) is 11.4. The molecular formula is C26H27BrF4N2O3. The Kier molecular flexibility index (Phi) is 8.61. The van der Waals surface area contributed by atoms with Crippen LogP contribution in [-0.4, -0.2) is 28.2 Å². The summed E-state index contributed by atoms with van der Waals surface area (Å²) in [7, 11) is 0. The van der Waals surface area contributed by atoms with Gasteiger partial charge in [-0.2, -0.15) is 0 Å². The van der Waals surface area contributed by atoms with Gasteiger partial charge in [-0.05, 0) is 29.7 Å². The number of ether oxygens (including phenoxy) is 1. The van der Waals surface area contributed by atoms with E-state index in [0.717, 1.165) is 18.0 Å². The van der Waals surface area contributed by atoms with Crippen LogP contribution in [0.25, 0.3) is 0 Å². The molecule has 5 nitrogen and oxygen atoms in total. The maximum absolute atomic E-state index is 13.9. The number of aromatic nitrogens is 2. The molecule has 0 aliphatic heterocycles. The monoisotopic (exact) mass is 570 g/mol. The number of carbonyl (C=O) groups excluding carboxylic acids is 1. The van der Waals surface area contributed by atoms with E-state index in [1.54, 1.807) is 35.2 Å². The van der Waals surface area contributed by atoms with Crippen LogP contribution in [0.3, 0.4) is 0 Å². The second-order valence-corrected chi connectivity index (χ2v) is 8.98. The number of hydrogen-bond acceptors (Lipinski definition) is 3. The van der Waals surface area contributed by atoms with Gasteiger partial charge in [-0.1, -0.05) is 36.4 Å². The summed E-state index contributed by atoms with van der Waals surface area (Å²) in [5, 5.41) is 11.4. The predicted molar refractivity (Wildman–Crippen MR) is 118 cm³/mol. The SMILES string of the molecule is Cc1n(CCOC(=O)[C@](O)(c2ccccc2)[C@@H]2CCC(F)(F)C2)cc[n+]1Cc1ccc(F)c(F)c1.[Br-]. The summed E-state index contributed by atoms with van der Waals surface area (Å²) in [6, 6.07) is 11.8. The molecule has 2 aromatic carbocycles. The fourth-order valence-electron chi connectivity index (χ4n) is 4.65. The van der Waals surface area contributed by atoms with Gasteiger partial charge in [-0.25, -0.2) is 31.5 Å². The fraction of sp³-hybridized carbons (Fsp3) is 0.385. The van der Waals surface area contributed by atoms with Gasteiger partial charge in [0, 0.05) is 25.7 Å². The van der Waals surface area contributed by atoms with Crippen molar-refractivity contribution in [2.24, 2.45) is 5.92 Å². The Hall–Kier alpha value is -2.72. The zero-order chi connectivity index (χ0) is 25.2. The summed E-state index contributed by atoms with van der Waals surface area (Å²) in [5.74, 6) is -5.90. The van der Waals surface area contributed by atoms with Crippen LogP contribution in [0.1, 0.15) is 36.2 Å². The molecular weight excluding hydrogens is 544 g/mol. The van der Waals surface area contributed by atoms with Gasteiger partial charge >= 0.3 is 5.97 Å². The second kappa shape index (κ2) is 11.1. The van der Waals surface area contributed by atoms with Crippen molar-refractivity contribution in [3.05, 3.63) is 89.5 Å². The van der Waals surface area contributed by atoms with Crippen LogP contribution >= 0.6 is 0 Å². The number of aliphatic hydroxyl groups is 1. The second-order valence-electron chi connectivity index (χ2n) is 8.98. The average molecular weight is 571 g/mol. The van der Waals surface area contributed by atoms with Crippen molar-refractivity contribution < 1.29 is 53.7 Å². The highest BCUT2D eigenvalue weighted by Gasteiger charge is 2.54. The number of benzene rings is 2. The summed E-state index contributed by atoms with van der Waals surface area (Å²) in [6.07, 6.45) is 2.55. The molecule has 1 aromatic heterocycles. The minimum Gasteiger partial charge on any atom is -1.00 e. The maximum Gasteiger partial charge on any atom is 0.343 e. The van der Waals surface area contributed by atoms with Crippen molar-refractivity contribution in [1.82, 2.24) is 4.57 Å². The lowest BCUT2D eigenvalue weighted by Gasteiger charge is -2.32. The lowest BCUT2D eigenvalue weighted by molar-refractivity contribution is -0.694. The number of esters is 1. The fourth-order valence-corrected chi connectivity index (χ4v) is 4.65. The molecule has 0 radical (unpaired) electrons. The van der Waals surface area contributed by atoms with Gasteiger partial charge in [0.25, 0.3) is 5.82 Å². The first kappa shape index (κ1) is 27.9. The van der Waals surface area contributed by atoms with Crippen molar-refractivity contribution in [2.75, 3.05) is 6.61 Å². The largest absolute Gasteiger partial charge is 1.00 e. The molecule has 10 heteroatoms. The van der Waals surface area contributed by atoms with E-state index in [1.165, 1.54) is 18.2 Å². The van der Waals surface area contributed by atoms with Gasteiger partial charge in [0.15, 0.2) is 17.2 Å². The van der Waals surface area contributed by atoms with Gasteiger partial charge in [0.1, 0.15) is 32.1 Å². The van der Waals surface area contributed by atoms with Crippen LogP contribution in [0.4, 0.5) is 17.6 Å². The van der Waals surface area contributed by atoms with Crippen LogP contribution in [0.5, 0.6) is 0 Å². The molecule has 2 atom stereocenters. The van der Waals surface area contributed by atoms with Gasteiger partial charge in [0.2, 0.25) is 5.92 Å². The van der Waals surface area contributed by atoms with Crippen molar-refractivity contribution in [1.29, 1.82) is 0 Å². The van der Waals surface area contributed by atoms with Gasteiger partial charge in [-0.15, -0.1) is 0 Å². The molecule has 1 N–H and O–H groups in total. The van der Waals surface area contributed by atoms with E-state index in [9.17, 15) is 27.5 Å². The molecule has 0 spiro atoms. The van der Waals surface area contributed by atoms with Crippen LogP contribution in [0, 0.1) is 24.5 Å². The number of nitrogens with zero attached hydrogens (tertiary/aromatic N) is 2. The molecule has 1 aliphatic rings. The number of halogens is 5. The van der Waals surface area contributed by atoms with Gasteiger partial charge in [0.05, 0.1) is 0 Å². The van der Waals surface area contributed by atoms with Crippen molar-refractivity contribution in [3.63, 3.8) is 0 Å². The summed E-state index contributed by atoms with van der Waals surface area (Å²) in [5.41, 5.74) is -1.35. The molecule has 0 amide bonds. The third kappa shape index (κ3) is 5.81. The maximum atomic E-state index is 13.9. The Morgan fingerprint density at radius 2 is 1.92 bits per heavy atom. The van der Waals surface area contributed by atoms with Crippen molar-refractivity contribution in [3.8, 4) is 0 Å². The zero-order valence-electron chi connectivity index (χ0n) is 19.6. The molecule has 194 valence electrons. The van der Waals surface area contributed by atoms with Crippen LogP contribution in [-0.2, 0) is 28.2 Å². The minimum absolute atomic E-state index is 0. The smallest absolute Gasteiger partial charge is 0.343 e. The highest BCUT2D eigenvalue weighted by molar-refractivity contribution is 5.81. The molecule has 0 unspecified atom stereocenters. The minimum atomic E-state index is -2.93. The molecule has 1 fully saturated rings. The lowest BCUT2D eigenvalue weighted by atomic mass is 9.80. The Bertz CT molecular complexity index is 1210. The average Bonchev–Trinajstić information content (AvgIpc) is 3.38. The molecule has 0 saturated heterocycles. The van der Waals surface area contributed by atoms with E-state index < -0.39 is 41.5 Å². The predicted octanol–water partition coefficient (Wildman–Crippen LogP) is 1.28. The zero-order valence-corrected chi connectivity index (χ0v) is 21.2. The summed E-state index contributed by atoms with van der Waals surface area (Å²) < 4.78 is 63.5. The van der Waals surface area contributed by atoms with E-state index >= 15 is 0 Å². The summed E-state index contributed by atoms with van der Waals surface area (Å²) in [6.45, 7) is 2.31. The molecule has 1 saturated carbocycles. The van der Waals surface area contributed by atoms with E-state index in [4.69, 9.17) is 4.74 Å². The third-order valence-electron chi connectivity index (χ3n) is 6.68. The normalized spacial score (nSPS) is 18.3. The standard InChI is InChI=1S/C26H27F4N2O3.BrH/c1-18-31(11-12-32(18)17-19-7-8-22(27)23(28)15-19)13-14-35-24(33)26(34,20-5-3-2-4-6-20)21-9-10-25(29,30)16-21;/h2-8,11-12,15,21,34H,9-10,13-14,16-17H2,1H3;1H/q+1;/p-1/t21-,26+;/m1./s1. The highest BCUT2D eigenvalue weighted by Crippen LogP contribution is 2.47. The van der Waals surface area contributed by atoms with Crippen LogP contribution in [0.15, 0.2) is 60.9 Å². The van der Waals surface area contributed by atoms with E-state index in [1.807, 2.05) is 11.5 Å². The lowest BCUT2D eigenvalue weighted by Crippen LogP contribution is -3.00. The van der Waals surface area contributed by atoms with Crippen LogP contribution in [0.2, 0.25) is 0 Å². The highest BCUT2D eigenvalue weighted by atomic mass is 79.9. The molecule has 1 aliphatic carbocycles. The Labute approximate surface area is 217 Å². The van der Waals surface area contributed by atoms with E-state index in [0.29, 0.717) is 12.1 Å². The molecule has 1 heterocycles. The van der Waals surface area contributed by atoms with Gasteiger partial charge < -0.3 is 26.8 Å². The Balaban J connectivity index is 0.00000361. The molecule has 36 heavy (non-hydrogen) atoms. The van der Waals surface area contributed by atoms with E-state index in [-0.39, 0.29) is 48.5 Å². The quantitative estimate of drug-likeness (QED) is 0.252. The van der Waals surface area contributed by atoms with Gasteiger partial charge in [-0.3, -0.25) is 0 Å². The molecule has 0 bridgehead atoms. The summed E-state index contributed by atoms with van der Waals surface area (Å²) in [4.78, 5) is 13.0. The first-order chi connectivity index (χ1) is 16.6. The molecule has 4 rings (SSSR count). The number of carbonyl (C=O) groups is 1. The van der Waals surface area contributed by atoms with Crippen molar-refractivity contribution in [2.45, 2.75) is 50.8 Å². The first-order valence-corrected chi connectivity index (χ1v) is 11.4. The van der Waals surface area contributed by atoms with Crippen molar-refractivity contribution >= 4 is 5.97 Å². The Morgan fingerprint density at radius 3 is 2.56 bits per heavy atom. The number of alkyl halides is 2. The number of hydrogen-bond donors (Lipinski definition) is 1. The summed E-state index contributed by atoms with van der Waals surface area (Å²) >= 11 is 0. The van der Waals surface area contributed by atoms with E-state index in [2.05, 4.69) is 0 Å². The van der Waals surface area contributed by atoms with Crippen LogP contribution < -0.4 is 21.5 Å². The number of imidazole rings is 1. The third-order valence-corrected chi connectivity index (χ3v) is 6.68. The topological polar surface area (TPSA) is 55.3 Å². The molecule has 3 aromatic rings. The number of rotatable bonds is 8. The Morgan fingerprint density at radius 1 is 1.19 bits per heavy atom.